The molecule has 1 saturated carbocycles. The van der Waals surface area contributed by atoms with Gasteiger partial charge in [0.05, 0.1) is 14.2 Å². The Bertz CT molecular complexity index is 418. The van der Waals surface area contributed by atoms with Crippen LogP contribution in [0, 0.1) is 5.92 Å². The molecule has 1 aliphatic carbocycles. The van der Waals surface area contributed by atoms with Crippen molar-refractivity contribution in [2.24, 2.45) is 5.92 Å². The van der Waals surface area contributed by atoms with Gasteiger partial charge in [-0.2, -0.15) is 0 Å². The summed E-state index contributed by atoms with van der Waals surface area (Å²) in [5, 5.41) is 14.0. The molecule has 4 heteroatoms. The van der Waals surface area contributed by atoms with E-state index in [4.69, 9.17) is 9.47 Å². The number of nitrogens with one attached hydrogen (secondary N) is 1. The summed E-state index contributed by atoms with van der Waals surface area (Å²) in [6, 6.07) is 5.56. The number of aliphatic hydroxyl groups is 1. The molecule has 1 unspecified atom stereocenters. The number of hydrogen-bond acceptors (Lipinski definition) is 4. The third-order valence-electron chi connectivity index (χ3n) is 3.57. The van der Waals surface area contributed by atoms with Crippen LogP contribution in [0.1, 0.15) is 18.4 Å². The highest BCUT2D eigenvalue weighted by molar-refractivity contribution is 5.45. The third-order valence-corrected chi connectivity index (χ3v) is 3.57. The van der Waals surface area contributed by atoms with Crippen molar-refractivity contribution >= 4 is 0 Å². The number of benzene rings is 1. The zero-order valence-electron chi connectivity index (χ0n) is 11.2. The Kier molecular flexibility index (Phi) is 3.78. The Morgan fingerprint density at radius 1 is 1.33 bits per heavy atom. The fourth-order valence-electron chi connectivity index (χ4n) is 2.44. The van der Waals surface area contributed by atoms with Gasteiger partial charge >= 0.3 is 0 Å². The Labute approximate surface area is 108 Å². The summed E-state index contributed by atoms with van der Waals surface area (Å²) < 4.78 is 10.6. The van der Waals surface area contributed by atoms with E-state index < -0.39 is 5.60 Å². The zero-order chi connectivity index (χ0) is 13.2. The highest BCUT2D eigenvalue weighted by Gasteiger charge is 2.46. The molecule has 0 radical (unpaired) electrons. The Morgan fingerprint density at radius 3 is 2.56 bits per heavy atom. The number of likely N-dealkylation sites (N-methyl/N-ethyl adjacent to an activating group) is 1. The molecule has 0 amide bonds. The molecular formula is C14H21NO3. The number of methoxy groups -OCH3 is 2. The molecule has 0 aliphatic heterocycles. The SMILES string of the molecule is CNCC(O)(c1cc(OC)ccc1OC)C1CC1. The Hall–Kier alpha value is -1.26. The minimum atomic E-state index is -0.880. The van der Waals surface area contributed by atoms with Gasteiger partial charge in [-0.1, -0.05) is 0 Å². The minimum absolute atomic E-state index is 0.297. The van der Waals surface area contributed by atoms with E-state index in [1.54, 1.807) is 14.2 Å². The molecular weight excluding hydrogens is 230 g/mol. The molecule has 18 heavy (non-hydrogen) atoms. The number of rotatable bonds is 6. The highest BCUT2D eigenvalue weighted by Crippen LogP contribution is 2.48. The second-order valence-corrected chi connectivity index (χ2v) is 4.80. The molecule has 0 aromatic heterocycles. The van der Waals surface area contributed by atoms with Crippen LogP contribution in [0.3, 0.4) is 0 Å². The molecule has 100 valence electrons. The fourth-order valence-corrected chi connectivity index (χ4v) is 2.44. The van der Waals surface area contributed by atoms with Crippen molar-refractivity contribution in [2.45, 2.75) is 18.4 Å². The van der Waals surface area contributed by atoms with Crippen LogP contribution < -0.4 is 14.8 Å². The first kappa shape index (κ1) is 13.2. The molecule has 0 bridgehead atoms. The summed E-state index contributed by atoms with van der Waals surface area (Å²) in [6.07, 6.45) is 2.11. The van der Waals surface area contributed by atoms with Gasteiger partial charge in [0.15, 0.2) is 0 Å². The highest BCUT2D eigenvalue weighted by atomic mass is 16.5. The maximum absolute atomic E-state index is 11.0. The van der Waals surface area contributed by atoms with Crippen LogP contribution in [-0.2, 0) is 5.60 Å². The molecule has 1 aliphatic rings. The van der Waals surface area contributed by atoms with Gasteiger partial charge in [0.2, 0.25) is 0 Å². The van der Waals surface area contributed by atoms with E-state index in [1.165, 1.54) is 0 Å². The van der Waals surface area contributed by atoms with E-state index >= 15 is 0 Å². The summed E-state index contributed by atoms with van der Waals surface area (Å²) in [5.41, 5.74) is -0.0737. The molecule has 1 atom stereocenters. The monoisotopic (exact) mass is 251 g/mol. The summed E-state index contributed by atoms with van der Waals surface area (Å²) in [4.78, 5) is 0. The van der Waals surface area contributed by atoms with Gasteiger partial charge in [-0.25, -0.2) is 0 Å². The largest absolute Gasteiger partial charge is 0.497 e. The molecule has 1 fully saturated rings. The lowest BCUT2D eigenvalue weighted by atomic mass is 9.87. The molecule has 1 aromatic rings. The molecule has 0 spiro atoms. The average Bonchev–Trinajstić information content (AvgIpc) is 3.22. The minimum Gasteiger partial charge on any atom is -0.497 e. The fraction of sp³-hybridized carbons (Fsp3) is 0.571. The van der Waals surface area contributed by atoms with Gasteiger partial charge in [0, 0.05) is 12.1 Å². The summed E-state index contributed by atoms with van der Waals surface area (Å²) >= 11 is 0. The van der Waals surface area contributed by atoms with Crippen LogP contribution in [0.15, 0.2) is 18.2 Å². The normalized spacial score (nSPS) is 18.2. The lowest BCUT2D eigenvalue weighted by Gasteiger charge is -2.30. The van der Waals surface area contributed by atoms with Gasteiger partial charge < -0.3 is 19.9 Å². The van der Waals surface area contributed by atoms with Crippen LogP contribution in [0.2, 0.25) is 0 Å². The molecule has 2 N–H and O–H groups in total. The molecule has 0 heterocycles. The maximum atomic E-state index is 11.0. The summed E-state index contributed by atoms with van der Waals surface area (Å²) in [6.45, 7) is 0.515. The van der Waals surface area contributed by atoms with Crippen LogP contribution in [0.25, 0.3) is 0 Å². The predicted molar refractivity (Wildman–Crippen MR) is 70.1 cm³/mol. The van der Waals surface area contributed by atoms with Crippen LogP contribution in [0.5, 0.6) is 11.5 Å². The summed E-state index contributed by atoms with van der Waals surface area (Å²) in [7, 11) is 5.10. The average molecular weight is 251 g/mol. The van der Waals surface area contributed by atoms with Gasteiger partial charge in [0.25, 0.3) is 0 Å². The van der Waals surface area contributed by atoms with Crippen molar-refractivity contribution in [3.05, 3.63) is 23.8 Å². The first-order chi connectivity index (χ1) is 8.65. The smallest absolute Gasteiger partial charge is 0.125 e. The second-order valence-electron chi connectivity index (χ2n) is 4.80. The lowest BCUT2D eigenvalue weighted by Crippen LogP contribution is -2.39. The van der Waals surface area contributed by atoms with Gasteiger partial charge in [-0.05, 0) is 44.0 Å². The number of hydrogen-bond donors (Lipinski definition) is 2. The van der Waals surface area contributed by atoms with E-state index in [0.29, 0.717) is 18.2 Å². The second kappa shape index (κ2) is 5.16. The van der Waals surface area contributed by atoms with E-state index in [0.717, 1.165) is 24.2 Å². The van der Waals surface area contributed by atoms with Crippen molar-refractivity contribution in [1.82, 2.24) is 5.32 Å². The van der Waals surface area contributed by atoms with Crippen molar-refractivity contribution in [1.29, 1.82) is 0 Å². The number of ether oxygens (including phenoxy) is 2. The van der Waals surface area contributed by atoms with Crippen molar-refractivity contribution < 1.29 is 14.6 Å². The predicted octanol–water partition coefficient (Wildman–Crippen LogP) is 1.52. The summed E-state index contributed by atoms with van der Waals surface area (Å²) in [5.74, 6) is 1.74. The molecule has 0 saturated heterocycles. The van der Waals surface area contributed by atoms with Crippen molar-refractivity contribution in [3.8, 4) is 11.5 Å². The van der Waals surface area contributed by atoms with Crippen LogP contribution >= 0.6 is 0 Å². The van der Waals surface area contributed by atoms with Gasteiger partial charge in [0.1, 0.15) is 17.1 Å². The lowest BCUT2D eigenvalue weighted by molar-refractivity contribution is 0.0129. The van der Waals surface area contributed by atoms with Crippen LogP contribution in [-0.4, -0.2) is 32.9 Å². The van der Waals surface area contributed by atoms with E-state index in [9.17, 15) is 5.11 Å². The quantitative estimate of drug-likeness (QED) is 0.805. The van der Waals surface area contributed by atoms with Crippen LogP contribution in [0.4, 0.5) is 0 Å². The first-order valence-corrected chi connectivity index (χ1v) is 6.25. The van der Waals surface area contributed by atoms with Crippen molar-refractivity contribution in [2.75, 3.05) is 27.8 Å². The van der Waals surface area contributed by atoms with Gasteiger partial charge in [-0.15, -0.1) is 0 Å². The van der Waals surface area contributed by atoms with E-state index in [2.05, 4.69) is 5.32 Å². The molecule has 1 aromatic carbocycles. The Morgan fingerprint density at radius 2 is 2.06 bits per heavy atom. The maximum Gasteiger partial charge on any atom is 0.125 e. The standard InChI is InChI=1S/C14H21NO3/c1-15-9-14(16,10-4-5-10)12-8-11(17-2)6-7-13(12)18-3/h6-8,10,15-16H,4-5,9H2,1-3H3. The Balaban J connectivity index is 2.44. The van der Waals surface area contributed by atoms with Gasteiger partial charge in [-0.3, -0.25) is 0 Å². The zero-order valence-corrected chi connectivity index (χ0v) is 11.2. The molecule has 2 rings (SSSR count). The first-order valence-electron chi connectivity index (χ1n) is 6.25. The topological polar surface area (TPSA) is 50.7 Å². The third kappa shape index (κ3) is 2.31. The van der Waals surface area contributed by atoms with E-state index in [1.807, 2.05) is 25.2 Å². The molecule has 4 nitrogen and oxygen atoms in total. The van der Waals surface area contributed by atoms with Crippen molar-refractivity contribution in [3.63, 3.8) is 0 Å². The van der Waals surface area contributed by atoms with E-state index in [-0.39, 0.29) is 0 Å².